The van der Waals surface area contributed by atoms with Crippen LogP contribution < -0.4 is 4.74 Å². The molecule has 2 aromatic heterocycles. The van der Waals surface area contributed by atoms with Gasteiger partial charge in [0, 0.05) is 40.9 Å². The number of nitrogens with zero attached hydrogens (tertiary/aromatic N) is 2. The van der Waals surface area contributed by atoms with E-state index in [2.05, 4.69) is 9.97 Å². The summed E-state index contributed by atoms with van der Waals surface area (Å²) in [6, 6.07) is 10.0. The molecule has 25 heavy (non-hydrogen) atoms. The first-order chi connectivity index (χ1) is 12.0. The molecule has 0 fully saturated rings. The lowest BCUT2D eigenvalue weighted by atomic mass is 10.1. The van der Waals surface area contributed by atoms with E-state index in [0.29, 0.717) is 10.6 Å². The Kier molecular flexibility index (Phi) is 5.01. The number of hydrogen-bond acceptors (Lipinski definition) is 5. The molecular weight excluding hydrogens is 360 g/mol. The highest BCUT2D eigenvalue weighted by molar-refractivity contribution is 7.90. The van der Waals surface area contributed by atoms with Gasteiger partial charge in [-0.2, -0.15) is 0 Å². The number of benzene rings is 1. The Labute approximate surface area is 151 Å². The van der Waals surface area contributed by atoms with Crippen molar-refractivity contribution >= 4 is 21.4 Å². The molecule has 0 amide bonds. The summed E-state index contributed by atoms with van der Waals surface area (Å²) in [6.45, 7) is 0. The van der Waals surface area contributed by atoms with Crippen LogP contribution in [0.3, 0.4) is 0 Å². The van der Waals surface area contributed by atoms with Crippen LogP contribution >= 0.6 is 11.6 Å². The van der Waals surface area contributed by atoms with Crippen molar-refractivity contribution in [1.82, 2.24) is 9.97 Å². The fourth-order valence-electron chi connectivity index (χ4n) is 2.45. The maximum absolute atomic E-state index is 12.8. The Morgan fingerprint density at radius 2 is 1.84 bits per heavy atom. The molecule has 0 spiro atoms. The molecule has 2 heterocycles. The quantitative estimate of drug-likeness (QED) is 0.679. The van der Waals surface area contributed by atoms with Crippen molar-refractivity contribution in [3.05, 3.63) is 71.8 Å². The minimum absolute atomic E-state index is 0.0641. The van der Waals surface area contributed by atoms with Gasteiger partial charge in [0.25, 0.3) is 0 Å². The lowest BCUT2D eigenvalue weighted by Gasteiger charge is -2.10. The average Bonchev–Trinajstić information content (AvgIpc) is 2.62. The van der Waals surface area contributed by atoms with Crippen molar-refractivity contribution in [2.45, 2.75) is 10.6 Å². The van der Waals surface area contributed by atoms with Crippen molar-refractivity contribution in [1.29, 1.82) is 0 Å². The molecule has 0 atom stereocenters. The van der Waals surface area contributed by atoms with Gasteiger partial charge in [-0.25, -0.2) is 8.42 Å². The molecule has 0 aliphatic heterocycles. The van der Waals surface area contributed by atoms with E-state index in [-0.39, 0.29) is 16.4 Å². The van der Waals surface area contributed by atoms with E-state index >= 15 is 0 Å². The number of halogens is 1. The molecule has 7 heteroatoms. The molecule has 0 aliphatic rings. The van der Waals surface area contributed by atoms with Crippen LogP contribution in [-0.4, -0.2) is 25.5 Å². The lowest BCUT2D eigenvalue weighted by Crippen LogP contribution is -2.07. The number of ether oxygens (including phenoxy) is 1. The van der Waals surface area contributed by atoms with Crippen LogP contribution in [0.25, 0.3) is 11.1 Å². The highest BCUT2D eigenvalue weighted by Crippen LogP contribution is 2.30. The highest BCUT2D eigenvalue weighted by atomic mass is 35.5. The molecule has 0 radical (unpaired) electrons. The van der Waals surface area contributed by atoms with Gasteiger partial charge in [0.05, 0.1) is 12.9 Å². The molecule has 1 aromatic carbocycles. The molecule has 0 bridgehead atoms. The predicted octanol–water partition coefficient (Wildman–Crippen LogP) is 3.78. The monoisotopic (exact) mass is 374 g/mol. The number of pyridine rings is 2. The molecule has 3 rings (SSSR count). The van der Waals surface area contributed by atoms with Crippen LogP contribution in [0, 0.1) is 0 Å². The largest absolute Gasteiger partial charge is 0.495 e. The SMILES string of the molecule is COc1ccc(Cl)cc1S(=O)(=O)Cc1cncc(-c2cccnc2)c1. The summed E-state index contributed by atoms with van der Waals surface area (Å²) >= 11 is 5.95. The van der Waals surface area contributed by atoms with Gasteiger partial charge in [0.15, 0.2) is 9.84 Å². The van der Waals surface area contributed by atoms with Gasteiger partial charge < -0.3 is 4.74 Å². The molecule has 128 valence electrons. The summed E-state index contributed by atoms with van der Waals surface area (Å²) in [4.78, 5) is 8.28. The Morgan fingerprint density at radius 1 is 1.04 bits per heavy atom. The first-order valence-corrected chi connectivity index (χ1v) is 9.43. The first-order valence-electron chi connectivity index (χ1n) is 7.40. The maximum atomic E-state index is 12.8. The number of hydrogen-bond donors (Lipinski definition) is 0. The fourth-order valence-corrected chi connectivity index (χ4v) is 4.20. The van der Waals surface area contributed by atoms with E-state index in [1.54, 1.807) is 36.8 Å². The van der Waals surface area contributed by atoms with E-state index in [9.17, 15) is 8.42 Å². The molecular formula is C18H15ClN2O3S. The van der Waals surface area contributed by atoms with Gasteiger partial charge in [0.1, 0.15) is 10.6 Å². The molecule has 5 nitrogen and oxygen atoms in total. The number of rotatable bonds is 5. The van der Waals surface area contributed by atoms with Crippen LogP contribution in [0.2, 0.25) is 5.02 Å². The molecule has 0 N–H and O–H groups in total. The van der Waals surface area contributed by atoms with E-state index in [1.165, 1.54) is 19.4 Å². The summed E-state index contributed by atoms with van der Waals surface area (Å²) in [5.41, 5.74) is 2.25. The van der Waals surface area contributed by atoms with Crippen molar-refractivity contribution in [3.8, 4) is 16.9 Å². The Bertz CT molecular complexity index is 992. The third-order valence-corrected chi connectivity index (χ3v) is 5.54. The minimum atomic E-state index is -3.64. The van der Waals surface area contributed by atoms with Gasteiger partial charge in [-0.3, -0.25) is 9.97 Å². The molecule has 0 saturated heterocycles. The van der Waals surface area contributed by atoms with E-state index in [0.717, 1.165) is 11.1 Å². The lowest BCUT2D eigenvalue weighted by molar-refractivity contribution is 0.402. The number of sulfone groups is 1. The number of methoxy groups -OCH3 is 1. The molecule has 0 aliphatic carbocycles. The van der Waals surface area contributed by atoms with Crippen molar-refractivity contribution in [3.63, 3.8) is 0 Å². The minimum Gasteiger partial charge on any atom is -0.495 e. The van der Waals surface area contributed by atoms with Gasteiger partial charge in [0.2, 0.25) is 0 Å². The second-order valence-electron chi connectivity index (χ2n) is 5.38. The highest BCUT2D eigenvalue weighted by Gasteiger charge is 2.21. The van der Waals surface area contributed by atoms with Gasteiger partial charge in [-0.15, -0.1) is 0 Å². The topological polar surface area (TPSA) is 69.2 Å². The zero-order chi connectivity index (χ0) is 17.9. The Morgan fingerprint density at radius 3 is 2.56 bits per heavy atom. The van der Waals surface area contributed by atoms with E-state index < -0.39 is 9.84 Å². The summed E-state index contributed by atoms with van der Waals surface area (Å²) in [5, 5.41) is 0.335. The van der Waals surface area contributed by atoms with Gasteiger partial charge in [-0.05, 0) is 35.9 Å². The normalized spacial score (nSPS) is 11.3. The molecule has 3 aromatic rings. The van der Waals surface area contributed by atoms with Gasteiger partial charge in [-0.1, -0.05) is 17.7 Å². The second kappa shape index (κ2) is 7.21. The maximum Gasteiger partial charge on any atom is 0.186 e. The summed E-state index contributed by atoms with van der Waals surface area (Å²) in [6.07, 6.45) is 6.59. The van der Waals surface area contributed by atoms with Crippen molar-refractivity contribution in [2.75, 3.05) is 7.11 Å². The van der Waals surface area contributed by atoms with Crippen molar-refractivity contribution < 1.29 is 13.2 Å². The predicted molar refractivity (Wildman–Crippen MR) is 96.4 cm³/mol. The molecule has 0 unspecified atom stereocenters. The standard InChI is InChI=1S/C18H15ClN2O3S/c1-24-17-5-4-16(19)8-18(17)25(22,23)12-13-7-15(11-21-9-13)14-3-2-6-20-10-14/h2-11H,12H2,1H3. The van der Waals surface area contributed by atoms with Crippen LogP contribution in [-0.2, 0) is 15.6 Å². The Hall–Kier alpha value is -2.44. The summed E-state index contributed by atoms with van der Waals surface area (Å²) in [7, 11) is -2.22. The third kappa shape index (κ3) is 3.97. The first kappa shape index (κ1) is 17.4. The van der Waals surface area contributed by atoms with Crippen LogP contribution in [0.4, 0.5) is 0 Å². The van der Waals surface area contributed by atoms with Gasteiger partial charge >= 0.3 is 0 Å². The summed E-state index contributed by atoms with van der Waals surface area (Å²) in [5.74, 6) is 0.0610. The number of aromatic nitrogens is 2. The zero-order valence-corrected chi connectivity index (χ0v) is 15.0. The van der Waals surface area contributed by atoms with E-state index in [4.69, 9.17) is 16.3 Å². The van der Waals surface area contributed by atoms with Crippen molar-refractivity contribution in [2.24, 2.45) is 0 Å². The zero-order valence-electron chi connectivity index (χ0n) is 13.4. The summed E-state index contributed by atoms with van der Waals surface area (Å²) < 4.78 is 30.8. The Balaban J connectivity index is 1.96. The smallest absolute Gasteiger partial charge is 0.186 e. The van der Waals surface area contributed by atoms with Crippen LogP contribution in [0.5, 0.6) is 5.75 Å². The fraction of sp³-hybridized carbons (Fsp3) is 0.111. The van der Waals surface area contributed by atoms with Crippen LogP contribution in [0.1, 0.15) is 5.56 Å². The average molecular weight is 375 g/mol. The van der Waals surface area contributed by atoms with Crippen LogP contribution in [0.15, 0.2) is 66.1 Å². The van der Waals surface area contributed by atoms with E-state index in [1.807, 2.05) is 12.1 Å². The second-order valence-corrected chi connectivity index (χ2v) is 7.77. The third-order valence-electron chi connectivity index (χ3n) is 3.61. The molecule has 0 saturated carbocycles.